The lowest BCUT2D eigenvalue weighted by Gasteiger charge is -2.23. The second-order valence-corrected chi connectivity index (χ2v) is 4.77. The number of ether oxygens (including phenoxy) is 3. The molecule has 1 saturated heterocycles. The lowest BCUT2D eigenvalue weighted by Crippen LogP contribution is -2.31. The Labute approximate surface area is 106 Å². The van der Waals surface area contributed by atoms with Gasteiger partial charge in [-0.2, -0.15) is 0 Å². The Balaban J connectivity index is 1.75. The Morgan fingerprint density at radius 2 is 2.11 bits per heavy atom. The smallest absolute Gasteiger partial charge is 0.231 e. The van der Waals surface area contributed by atoms with Crippen LogP contribution in [0, 0.1) is 0 Å². The van der Waals surface area contributed by atoms with Gasteiger partial charge in [0, 0.05) is 30.8 Å². The highest BCUT2D eigenvalue weighted by molar-refractivity contribution is 5.51. The van der Waals surface area contributed by atoms with Gasteiger partial charge in [0.15, 0.2) is 11.5 Å². The topological polar surface area (TPSA) is 51.2 Å². The number of benzene rings is 1. The summed E-state index contributed by atoms with van der Waals surface area (Å²) < 4.78 is 15.9. The second kappa shape index (κ2) is 4.66. The average molecular weight is 251 g/mol. The van der Waals surface area contributed by atoms with Crippen molar-refractivity contribution in [3.63, 3.8) is 0 Å². The third kappa shape index (κ3) is 2.11. The predicted octanol–water partition coefficient (Wildman–Crippen LogP) is 1.34. The van der Waals surface area contributed by atoms with Gasteiger partial charge in [-0.25, -0.2) is 0 Å². The molecular formula is C13H17NO4. The molecule has 1 N–H and O–H groups in total. The van der Waals surface area contributed by atoms with Crippen LogP contribution in [0.2, 0.25) is 0 Å². The van der Waals surface area contributed by atoms with Gasteiger partial charge < -0.3 is 19.3 Å². The van der Waals surface area contributed by atoms with Gasteiger partial charge >= 0.3 is 0 Å². The molecule has 98 valence electrons. The van der Waals surface area contributed by atoms with E-state index < -0.39 is 0 Å². The van der Waals surface area contributed by atoms with Crippen LogP contribution in [0.3, 0.4) is 0 Å². The minimum absolute atomic E-state index is 0.227. The molecule has 2 heterocycles. The normalized spacial score (nSPS) is 21.8. The summed E-state index contributed by atoms with van der Waals surface area (Å²) in [5, 5.41) is 9.97. The highest BCUT2D eigenvalue weighted by atomic mass is 16.7. The quantitative estimate of drug-likeness (QED) is 0.878. The highest BCUT2D eigenvalue weighted by Crippen LogP contribution is 2.38. The molecule has 5 heteroatoms. The van der Waals surface area contributed by atoms with Crippen LogP contribution in [0.1, 0.15) is 12.0 Å². The van der Waals surface area contributed by atoms with E-state index >= 15 is 0 Å². The predicted molar refractivity (Wildman–Crippen MR) is 64.9 cm³/mol. The van der Waals surface area contributed by atoms with Crippen LogP contribution >= 0.6 is 0 Å². The van der Waals surface area contributed by atoms with Crippen LogP contribution in [0.15, 0.2) is 12.1 Å². The molecule has 1 unspecified atom stereocenters. The second-order valence-electron chi connectivity index (χ2n) is 4.77. The van der Waals surface area contributed by atoms with E-state index in [2.05, 4.69) is 4.90 Å². The maximum atomic E-state index is 9.97. The van der Waals surface area contributed by atoms with Crippen molar-refractivity contribution in [3.8, 4) is 17.2 Å². The van der Waals surface area contributed by atoms with E-state index in [9.17, 15) is 5.11 Å². The molecule has 0 radical (unpaired) electrons. The summed E-state index contributed by atoms with van der Waals surface area (Å²) >= 11 is 0. The summed E-state index contributed by atoms with van der Waals surface area (Å²) in [6.45, 7) is 2.49. The fourth-order valence-electron chi connectivity index (χ4n) is 2.37. The summed E-state index contributed by atoms with van der Waals surface area (Å²) in [6.07, 6.45) is 1.04. The fraction of sp³-hybridized carbons (Fsp3) is 0.538. The number of hydrogen-bond acceptors (Lipinski definition) is 5. The van der Waals surface area contributed by atoms with E-state index in [1.807, 2.05) is 13.1 Å². The van der Waals surface area contributed by atoms with Gasteiger partial charge in [-0.3, -0.25) is 4.90 Å². The van der Waals surface area contributed by atoms with Gasteiger partial charge in [0.25, 0.3) is 0 Å². The Morgan fingerprint density at radius 1 is 1.33 bits per heavy atom. The number of aromatic hydroxyl groups is 1. The van der Waals surface area contributed by atoms with Gasteiger partial charge in [0.1, 0.15) is 5.75 Å². The molecule has 1 aromatic rings. The van der Waals surface area contributed by atoms with Crippen LogP contribution in [0.4, 0.5) is 0 Å². The van der Waals surface area contributed by atoms with Crippen molar-refractivity contribution >= 4 is 0 Å². The van der Waals surface area contributed by atoms with E-state index in [-0.39, 0.29) is 12.5 Å². The maximum absolute atomic E-state index is 9.97. The van der Waals surface area contributed by atoms with E-state index in [4.69, 9.17) is 14.2 Å². The molecule has 2 aliphatic rings. The van der Waals surface area contributed by atoms with Gasteiger partial charge in [-0.1, -0.05) is 0 Å². The minimum atomic E-state index is 0.227. The number of hydrogen-bond donors (Lipinski definition) is 1. The molecule has 1 atom stereocenters. The number of rotatable bonds is 3. The van der Waals surface area contributed by atoms with Crippen molar-refractivity contribution in [1.29, 1.82) is 0 Å². The van der Waals surface area contributed by atoms with Crippen molar-refractivity contribution in [2.45, 2.75) is 19.0 Å². The van der Waals surface area contributed by atoms with Gasteiger partial charge in [-0.05, 0) is 19.5 Å². The number of phenols is 1. The molecule has 0 amide bonds. The number of nitrogens with zero attached hydrogens (tertiary/aromatic N) is 1. The summed E-state index contributed by atoms with van der Waals surface area (Å²) in [5.41, 5.74) is 0.855. The van der Waals surface area contributed by atoms with Crippen LogP contribution in [-0.4, -0.2) is 43.1 Å². The van der Waals surface area contributed by atoms with Crippen molar-refractivity contribution < 1.29 is 19.3 Å². The molecule has 2 aliphatic heterocycles. The van der Waals surface area contributed by atoms with Crippen molar-refractivity contribution in [1.82, 2.24) is 4.90 Å². The van der Waals surface area contributed by atoms with E-state index in [1.54, 1.807) is 6.07 Å². The van der Waals surface area contributed by atoms with Crippen LogP contribution in [-0.2, 0) is 11.3 Å². The Hall–Kier alpha value is -1.46. The van der Waals surface area contributed by atoms with E-state index in [0.29, 0.717) is 24.1 Å². The third-order valence-corrected chi connectivity index (χ3v) is 3.52. The van der Waals surface area contributed by atoms with Gasteiger partial charge in [-0.15, -0.1) is 0 Å². The summed E-state index contributed by atoms with van der Waals surface area (Å²) in [7, 11) is 2.05. The molecule has 0 spiro atoms. The zero-order chi connectivity index (χ0) is 12.5. The molecule has 0 bridgehead atoms. The van der Waals surface area contributed by atoms with Crippen molar-refractivity contribution in [2.75, 3.05) is 27.1 Å². The molecule has 18 heavy (non-hydrogen) atoms. The minimum Gasteiger partial charge on any atom is -0.507 e. The van der Waals surface area contributed by atoms with E-state index in [0.717, 1.165) is 25.2 Å². The number of phenolic OH excluding ortho intramolecular Hbond substituents is 1. The van der Waals surface area contributed by atoms with Crippen LogP contribution in [0.5, 0.6) is 17.2 Å². The lowest BCUT2D eigenvalue weighted by atomic mass is 10.1. The Kier molecular flexibility index (Phi) is 3.01. The Morgan fingerprint density at radius 3 is 2.83 bits per heavy atom. The fourth-order valence-corrected chi connectivity index (χ4v) is 2.37. The van der Waals surface area contributed by atoms with Crippen LogP contribution in [0.25, 0.3) is 0 Å². The summed E-state index contributed by atoms with van der Waals surface area (Å²) in [5.74, 6) is 1.58. The van der Waals surface area contributed by atoms with Crippen molar-refractivity contribution in [3.05, 3.63) is 17.7 Å². The SMILES string of the molecule is CN(Cc1cc2c(cc1O)OCO2)C1CCOC1. The number of likely N-dealkylation sites (N-methyl/N-ethyl adjacent to an activating group) is 1. The van der Waals surface area contributed by atoms with Gasteiger partial charge in [0.2, 0.25) is 6.79 Å². The maximum Gasteiger partial charge on any atom is 0.231 e. The third-order valence-electron chi connectivity index (χ3n) is 3.52. The molecule has 3 rings (SSSR count). The molecular weight excluding hydrogens is 234 g/mol. The average Bonchev–Trinajstić information content (AvgIpc) is 2.98. The molecule has 0 saturated carbocycles. The largest absolute Gasteiger partial charge is 0.507 e. The first-order valence-corrected chi connectivity index (χ1v) is 6.13. The standard InChI is InChI=1S/C13H17NO4/c1-14(10-2-3-16-7-10)6-9-4-12-13(5-11(9)15)18-8-17-12/h4-5,10,15H,2-3,6-8H2,1H3. The highest BCUT2D eigenvalue weighted by Gasteiger charge is 2.23. The molecule has 1 fully saturated rings. The Bertz CT molecular complexity index is 443. The molecule has 1 aromatic carbocycles. The van der Waals surface area contributed by atoms with E-state index in [1.165, 1.54) is 0 Å². The van der Waals surface area contributed by atoms with Crippen molar-refractivity contribution in [2.24, 2.45) is 0 Å². The first-order valence-electron chi connectivity index (χ1n) is 6.13. The first-order chi connectivity index (χ1) is 8.74. The van der Waals surface area contributed by atoms with Crippen LogP contribution < -0.4 is 9.47 Å². The number of fused-ring (bicyclic) bond motifs is 1. The molecule has 5 nitrogen and oxygen atoms in total. The zero-order valence-corrected chi connectivity index (χ0v) is 10.4. The molecule has 0 aromatic heterocycles. The molecule has 0 aliphatic carbocycles. The lowest BCUT2D eigenvalue weighted by molar-refractivity contribution is 0.156. The summed E-state index contributed by atoms with van der Waals surface area (Å²) in [6, 6.07) is 3.90. The monoisotopic (exact) mass is 251 g/mol. The summed E-state index contributed by atoms with van der Waals surface area (Å²) in [4.78, 5) is 2.20. The zero-order valence-electron chi connectivity index (χ0n) is 10.4. The van der Waals surface area contributed by atoms with Gasteiger partial charge in [0.05, 0.1) is 6.61 Å². The first kappa shape index (κ1) is 11.6.